The minimum Gasteiger partial charge on any atom is -0.507 e. The second-order valence-corrected chi connectivity index (χ2v) is 6.86. The molecule has 0 saturated heterocycles. The molecule has 1 aromatic heterocycles. The van der Waals surface area contributed by atoms with Crippen molar-refractivity contribution < 1.29 is 33.0 Å². The molecule has 3 rings (SSSR count). The van der Waals surface area contributed by atoms with Crippen molar-refractivity contribution in [3.05, 3.63) is 111 Å². The summed E-state index contributed by atoms with van der Waals surface area (Å²) in [6.45, 7) is -0.285. The number of rotatable bonds is 7. The van der Waals surface area contributed by atoms with E-state index in [-0.39, 0.29) is 29.7 Å². The van der Waals surface area contributed by atoms with Crippen LogP contribution in [0.5, 0.6) is 0 Å². The zero-order valence-corrected chi connectivity index (χ0v) is 16.4. The summed E-state index contributed by atoms with van der Waals surface area (Å²) in [6.07, 6.45) is 1.26. The van der Waals surface area contributed by atoms with Crippen LogP contribution in [0.15, 0.2) is 65.6 Å². The molecular formula is C23H16F3NO5. The van der Waals surface area contributed by atoms with Gasteiger partial charge in [0.1, 0.15) is 23.2 Å². The van der Waals surface area contributed by atoms with Crippen LogP contribution < -0.4 is 5.56 Å². The lowest BCUT2D eigenvalue weighted by Gasteiger charge is -2.13. The summed E-state index contributed by atoms with van der Waals surface area (Å²) < 4.78 is 43.3. The van der Waals surface area contributed by atoms with E-state index in [2.05, 4.69) is 0 Å². The second kappa shape index (κ2) is 9.34. The van der Waals surface area contributed by atoms with Gasteiger partial charge in [0.15, 0.2) is 0 Å². The SMILES string of the molecule is O=C(O)C(=O)/C=C(\O)c1cc(Cc2c(F)cccc2F)cn(Cc2ccccc2F)c1=O. The Morgan fingerprint density at radius 1 is 0.938 bits per heavy atom. The van der Waals surface area contributed by atoms with Crippen LogP contribution in [0.25, 0.3) is 5.76 Å². The molecule has 0 fully saturated rings. The van der Waals surface area contributed by atoms with Gasteiger partial charge in [0.2, 0.25) is 0 Å². The molecule has 0 radical (unpaired) electrons. The Balaban J connectivity index is 2.15. The molecule has 0 amide bonds. The lowest BCUT2D eigenvalue weighted by atomic mass is 10.0. The number of carbonyl (C=O) groups is 2. The van der Waals surface area contributed by atoms with Gasteiger partial charge in [0, 0.05) is 29.8 Å². The minimum atomic E-state index is -1.85. The van der Waals surface area contributed by atoms with Crippen LogP contribution in [0.4, 0.5) is 13.2 Å². The molecule has 2 aromatic carbocycles. The van der Waals surface area contributed by atoms with Crippen LogP contribution in [-0.2, 0) is 22.6 Å². The number of pyridine rings is 1. The van der Waals surface area contributed by atoms with Crippen molar-refractivity contribution in [3.63, 3.8) is 0 Å². The highest BCUT2D eigenvalue weighted by atomic mass is 19.1. The average Bonchev–Trinajstić information content (AvgIpc) is 2.74. The number of benzene rings is 2. The molecule has 0 unspecified atom stereocenters. The van der Waals surface area contributed by atoms with Gasteiger partial charge in [-0.15, -0.1) is 0 Å². The maximum Gasteiger partial charge on any atom is 0.376 e. The largest absolute Gasteiger partial charge is 0.507 e. The van der Waals surface area contributed by atoms with E-state index in [0.717, 1.165) is 22.8 Å². The number of aromatic nitrogens is 1. The number of aliphatic hydroxyl groups is 1. The molecule has 1 heterocycles. The van der Waals surface area contributed by atoms with Gasteiger partial charge >= 0.3 is 5.97 Å². The van der Waals surface area contributed by atoms with Crippen molar-refractivity contribution in [3.8, 4) is 0 Å². The van der Waals surface area contributed by atoms with Crippen molar-refractivity contribution in [2.75, 3.05) is 0 Å². The zero-order valence-electron chi connectivity index (χ0n) is 16.4. The number of hydrogen-bond donors (Lipinski definition) is 2. The topological polar surface area (TPSA) is 96.6 Å². The van der Waals surface area contributed by atoms with E-state index in [9.17, 15) is 32.7 Å². The van der Waals surface area contributed by atoms with E-state index in [1.165, 1.54) is 30.5 Å². The van der Waals surface area contributed by atoms with Gasteiger partial charge in [-0.2, -0.15) is 0 Å². The first-order valence-corrected chi connectivity index (χ1v) is 9.25. The smallest absolute Gasteiger partial charge is 0.376 e. The number of carboxylic acid groups (broad SMARTS) is 1. The quantitative estimate of drug-likeness (QED) is 0.331. The summed E-state index contributed by atoms with van der Waals surface area (Å²) in [6, 6.07) is 9.99. The maximum atomic E-state index is 14.1. The van der Waals surface area contributed by atoms with Gasteiger partial charge in [-0.25, -0.2) is 18.0 Å². The summed E-state index contributed by atoms with van der Waals surface area (Å²) in [4.78, 5) is 35.0. The van der Waals surface area contributed by atoms with Gasteiger partial charge in [0.25, 0.3) is 11.3 Å². The molecule has 0 aliphatic heterocycles. The second-order valence-electron chi connectivity index (χ2n) is 6.86. The van der Waals surface area contributed by atoms with Crippen molar-refractivity contribution in [2.24, 2.45) is 0 Å². The summed E-state index contributed by atoms with van der Waals surface area (Å²) in [5.41, 5.74) is -1.37. The maximum absolute atomic E-state index is 14.1. The van der Waals surface area contributed by atoms with Gasteiger partial charge in [-0.3, -0.25) is 9.59 Å². The summed E-state index contributed by atoms with van der Waals surface area (Å²) in [7, 11) is 0. The predicted octanol–water partition coefficient (Wildman–Crippen LogP) is 3.46. The minimum absolute atomic E-state index is 0.125. The van der Waals surface area contributed by atoms with Crippen molar-refractivity contribution >= 4 is 17.5 Å². The molecule has 0 aliphatic rings. The monoisotopic (exact) mass is 443 g/mol. The number of ketones is 1. The highest BCUT2D eigenvalue weighted by molar-refractivity contribution is 6.38. The number of nitrogens with zero attached hydrogens (tertiary/aromatic N) is 1. The third-order valence-electron chi connectivity index (χ3n) is 4.64. The molecule has 0 bridgehead atoms. The Labute approximate surface area is 179 Å². The fraction of sp³-hybridized carbons (Fsp3) is 0.0870. The molecule has 2 N–H and O–H groups in total. The number of hydrogen-bond acceptors (Lipinski definition) is 4. The fourth-order valence-electron chi connectivity index (χ4n) is 3.07. The van der Waals surface area contributed by atoms with E-state index >= 15 is 0 Å². The first-order valence-electron chi connectivity index (χ1n) is 9.25. The molecule has 32 heavy (non-hydrogen) atoms. The lowest BCUT2D eigenvalue weighted by Crippen LogP contribution is -2.25. The first-order chi connectivity index (χ1) is 15.2. The molecule has 3 aromatic rings. The van der Waals surface area contributed by atoms with Crippen molar-refractivity contribution in [1.82, 2.24) is 4.57 Å². The van der Waals surface area contributed by atoms with E-state index < -0.39 is 46.1 Å². The van der Waals surface area contributed by atoms with Crippen LogP contribution in [0.2, 0.25) is 0 Å². The molecule has 0 saturated carbocycles. The Morgan fingerprint density at radius 2 is 1.56 bits per heavy atom. The van der Waals surface area contributed by atoms with Crippen LogP contribution in [0.3, 0.4) is 0 Å². The van der Waals surface area contributed by atoms with E-state index in [1.54, 1.807) is 6.07 Å². The van der Waals surface area contributed by atoms with E-state index in [4.69, 9.17) is 5.11 Å². The molecule has 6 nitrogen and oxygen atoms in total. The number of halogens is 3. The predicted molar refractivity (Wildman–Crippen MR) is 109 cm³/mol. The average molecular weight is 443 g/mol. The molecule has 0 atom stereocenters. The van der Waals surface area contributed by atoms with Gasteiger partial charge in [-0.05, 0) is 29.8 Å². The Bertz CT molecular complexity index is 1280. The van der Waals surface area contributed by atoms with E-state index in [0.29, 0.717) is 6.08 Å². The van der Waals surface area contributed by atoms with Gasteiger partial charge in [-0.1, -0.05) is 24.3 Å². The molecule has 0 spiro atoms. The summed E-state index contributed by atoms with van der Waals surface area (Å²) in [5.74, 6) is -6.55. The number of carboxylic acids is 1. The Hall–Kier alpha value is -4.14. The Kier molecular flexibility index (Phi) is 6.58. The third kappa shape index (κ3) is 4.94. The zero-order chi connectivity index (χ0) is 23.4. The van der Waals surface area contributed by atoms with Crippen molar-refractivity contribution in [1.29, 1.82) is 0 Å². The van der Waals surface area contributed by atoms with Crippen LogP contribution in [0, 0.1) is 17.5 Å². The van der Waals surface area contributed by atoms with Crippen LogP contribution in [-0.4, -0.2) is 26.5 Å². The molecule has 9 heteroatoms. The first kappa shape index (κ1) is 22.5. The standard InChI is InChI=1S/C23H16F3NO5/c24-17-5-2-1-4-14(17)12-27-11-13(8-15-18(25)6-3-7-19(15)26)9-16(22(27)30)20(28)10-21(29)23(31)32/h1-7,9-11,28H,8,12H2,(H,31,32)/b20-10-. The molecule has 0 aliphatic carbocycles. The number of aliphatic carboxylic acids is 1. The highest BCUT2D eigenvalue weighted by Gasteiger charge is 2.17. The molecular weight excluding hydrogens is 427 g/mol. The Morgan fingerprint density at radius 3 is 2.19 bits per heavy atom. The summed E-state index contributed by atoms with van der Waals surface area (Å²) >= 11 is 0. The number of aliphatic hydroxyl groups excluding tert-OH is 1. The van der Waals surface area contributed by atoms with E-state index in [1.807, 2.05) is 0 Å². The van der Waals surface area contributed by atoms with Gasteiger partial charge < -0.3 is 14.8 Å². The lowest BCUT2D eigenvalue weighted by molar-refractivity contribution is -0.146. The number of carbonyl (C=O) groups excluding carboxylic acids is 1. The van der Waals surface area contributed by atoms with Crippen LogP contribution >= 0.6 is 0 Å². The highest BCUT2D eigenvalue weighted by Crippen LogP contribution is 2.19. The van der Waals surface area contributed by atoms with Gasteiger partial charge in [0.05, 0.1) is 12.1 Å². The fourth-order valence-corrected chi connectivity index (χ4v) is 3.07. The normalized spacial score (nSPS) is 11.4. The summed E-state index contributed by atoms with van der Waals surface area (Å²) in [5, 5.41) is 18.9. The third-order valence-corrected chi connectivity index (χ3v) is 4.64. The van der Waals surface area contributed by atoms with Crippen LogP contribution in [0.1, 0.15) is 22.3 Å². The van der Waals surface area contributed by atoms with Crippen molar-refractivity contribution in [2.45, 2.75) is 13.0 Å². The molecule has 164 valence electrons.